The van der Waals surface area contributed by atoms with Crippen LogP contribution in [0.1, 0.15) is 25.3 Å². The molecule has 112 valence electrons. The van der Waals surface area contributed by atoms with Crippen molar-refractivity contribution >= 4 is 5.97 Å². The third kappa shape index (κ3) is 4.94. The smallest absolute Gasteiger partial charge is 0.314 e. The van der Waals surface area contributed by atoms with E-state index in [-0.39, 0.29) is 11.9 Å². The van der Waals surface area contributed by atoms with Crippen LogP contribution in [0.3, 0.4) is 0 Å². The molecule has 0 bridgehead atoms. The highest BCUT2D eigenvalue weighted by molar-refractivity contribution is 5.78. The fourth-order valence-corrected chi connectivity index (χ4v) is 2.15. The van der Waals surface area contributed by atoms with E-state index in [4.69, 9.17) is 9.47 Å². The number of hydrogen-bond acceptors (Lipinski definition) is 4. The first-order valence-electron chi connectivity index (χ1n) is 6.96. The van der Waals surface area contributed by atoms with Gasteiger partial charge in [0.15, 0.2) is 0 Å². The summed E-state index contributed by atoms with van der Waals surface area (Å²) in [6.07, 6.45) is 0. The van der Waals surface area contributed by atoms with Crippen molar-refractivity contribution in [1.29, 1.82) is 0 Å². The van der Waals surface area contributed by atoms with E-state index in [1.54, 1.807) is 7.11 Å². The fraction of sp³-hybridized carbons (Fsp3) is 0.562. The Balaban J connectivity index is 2.85. The average molecular weight is 279 g/mol. The second kappa shape index (κ2) is 8.72. The topological polar surface area (TPSA) is 38.8 Å². The highest BCUT2D eigenvalue weighted by Gasteiger charge is 2.25. The third-order valence-corrected chi connectivity index (χ3v) is 3.42. The van der Waals surface area contributed by atoms with Crippen LogP contribution in [0.5, 0.6) is 0 Å². The summed E-state index contributed by atoms with van der Waals surface area (Å²) in [6.45, 7) is 6.33. The zero-order valence-corrected chi connectivity index (χ0v) is 12.8. The molecule has 0 saturated carbocycles. The fourth-order valence-electron chi connectivity index (χ4n) is 2.15. The summed E-state index contributed by atoms with van der Waals surface area (Å²) in [4.78, 5) is 14.3. The van der Waals surface area contributed by atoms with Crippen LogP contribution in [-0.4, -0.2) is 50.8 Å². The second-order valence-electron chi connectivity index (χ2n) is 5.07. The Labute approximate surface area is 121 Å². The van der Waals surface area contributed by atoms with Crippen LogP contribution >= 0.6 is 0 Å². The molecule has 0 aliphatic carbocycles. The van der Waals surface area contributed by atoms with Crippen molar-refractivity contribution in [3.63, 3.8) is 0 Å². The summed E-state index contributed by atoms with van der Waals surface area (Å²) < 4.78 is 10.1. The molecule has 0 fully saturated rings. The van der Waals surface area contributed by atoms with E-state index < -0.39 is 0 Å². The predicted octanol–water partition coefficient (Wildman–Crippen LogP) is 2.30. The first kappa shape index (κ1) is 16.7. The minimum Gasteiger partial charge on any atom is -0.469 e. The molecule has 1 rings (SSSR count). The largest absolute Gasteiger partial charge is 0.469 e. The highest BCUT2D eigenvalue weighted by atomic mass is 16.5. The molecule has 0 saturated heterocycles. The van der Waals surface area contributed by atoms with Gasteiger partial charge in [-0.1, -0.05) is 30.3 Å². The molecule has 1 atom stereocenters. The predicted molar refractivity (Wildman–Crippen MR) is 79.8 cm³/mol. The molecular weight excluding hydrogens is 254 g/mol. The van der Waals surface area contributed by atoms with Crippen molar-refractivity contribution in [2.75, 3.05) is 33.9 Å². The monoisotopic (exact) mass is 279 g/mol. The molecule has 0 aromatic heterocycles. The first-order valence-corrected chi connectivity index (χ1v) is 6.96. The minimum absolute atomic E-state index is 0.195. The van der Waals surface area contributed by atoms with Crippen LogP contribution in [0, 0.1) is 0 Å². The van der Waals surface area contributed by atoms with Crippen molar-refractivity contribution in [1.82, 2.24) is 4.90 Å². The van der Waals surface area contributed by atoms with Gasteiger partial charge in [0.1, 0.15) is 0 Å². The summed E-state index contributed by atoms with van der Waals surface area (Å²) in [5, 5.41) is 0. The van der Waals surface area contributed by atoms with Crippen LogP contribution in [0.2, 0.25) is 0 Å². The van der Waals surface area contributed by atoms with Gasteiger partial charge in [-0.25, -0.2) is 0 Å². The lowest BCUT2D eigenvalue weighted by atomic mass is 9.98. The van der Waals surface area contributed by atoms with E-state index >= 15 is 0 Å². The maximum absolute atomic E-state index is 12.1. The van der Waals surface area contributed by atoms with E-state index in [0.29, 0.717) is 19.2 Å². The number of ether oxygens (including phenoxy) is 2. The average Bonchev–Trinajstić information content (AvgIpc) is 2.47. The number of carbonyl (C=O) groups is 1. The molecule has 0 aliphatic heterocycles. The Bertz CT molecular complexity index is 392. The number of carbonyl (C=O) groups excluding carboxylic acids is 1. The Kier molecular flexibility index (Phi) is 7.26. The van der Waals surface area contributed by atoms with E-state index in [1.807, 2.05) is 30.3 Å². The zero-order chi connectivity index (χ0) is 15.0. The van der Waals surface area contributed by atoms with Crippen molar-refractivity contribution in [2.45, 2.75) is 25.8 Å². The molecule has 20 heavy (non-hydrogen) atoms. The Morgan fingerprint density at radius 3 is 2.35 bits per heavy atom. The van der Waals surface area contributed by atoms with Gasteiger partial charge in [0, 0.05) is 26.2 Å². The van der Waals surface area contributed by atoms with Gasteiger partial charge in [-0.3, -0.25) is 9.69 Å². The number of benzene rings is 1. The molecule has 4 heteroatoms. The molecule has 0 N–H and O–H groups in total. The number of nitrogens with zero attached hydrogens (tertiary/aromatic N) is 1. The van der Waals surface area contributed by atoms with Crippen molar-refractivity contribution in [3.05, 3.63) is 35.9 Å². The van der Waals surface area contributed by atoms with E-state index in [2.05, 4.69) is 18.7 Å². The summed E-state index contributed by atoms with van der Waals surface area (Å²) in [5.41, 5.74) is 0.988. The van der Waals surface area contributed by atoms with Crippen molar-refractivity contribution in [3.8, 4) is 0 Å². The SMILES string of the molecule is COCCN(CC(C(=O)OC)c1ccccc1)C(C)C. The van der Waals surface area contributed by atoms with Crippen LogP contribution in [0.25, 0.3) is 0 Å². The van der Waals surface area contributed by atoms with E-state index in [1.165, 1.54) is 7.11 Å². The molecule has 4 nitrogen and oxygen atoms in total. The second-order valence-corrected chi connectivity index (χ2v) is 5.07. The standard InChI is InChI=1S/C16H25NO3/c1-13(2)17(10-11-19-3)12-15(16(18)20-4)14-8-6-5-7-9-14/h5-9,13,15H,10-12H2,1-4H3. The van der Waals surface area contributed by atoms with Gasteiger partial charge in [-0.05, 0) is 19.4 Å². The molecule has 1 aromatic carbocycles. The van der Waals surface area contributed by atoms with Gasteiger partial charge in [0.2, 0.25) is 0 Å². The van der Waals surface area contributed by atoms with Gasteiger partial charge in [-0.2, -0.15) is 0 Å². The molecule has 0 radical (unpaired) electrons. The van der Waals surface area contributed by atoms with Crippen LogP contribution < -0.4 is 0 Å². The molecule has 1 unspecified atom stereocenters. The summed E-state index contributed by atoms with van der Waals surface area (Å²) in [5.74, 6) is -0.459. The van der Waals surface area contributed by atoms with Crippen molar-refractivity contribution < 1.29 is 14.3 Å². The van der Waals surface area contributed by atoms with Gasteiger partial charge >= 0.3 is 5.97 Å². The number of hydrogen-bond donors (Lipinski definition) is 0. The van der Waals surface area contributed by atoms with Gasteiger partial charge in [-0.15, -0.1) is 0 Å². The Morgan fingerprint density at radius 2 is 1.85 bits per heavy atom. The van der Waals surface area contributed by atoms with Gasteiger partial charge in [0.05, 0.1) is 19.6 Å². The van der Waals surface area contributed by atoms with E-state index in [0.717, 1.165) is 12.1 Å². The lowest BCUT2D eigenvalue weighted by Gasteiger charge is -2.29. The molecule has 0 amide bonds. The lowest BCUT2D eigenvalue weighted by Crippen LogP contribution is -2.39. The normalized spacial score (nSPS) is 12.7. The van der Waals surface area contributed by atoms with Crippen molar-refractivity contribution in [2.24, 2.45) is 0 Å². The third-order valence-electron chi connectivity index (χ3n) is 3.42. The molecule has 0 heterocycles. The Hall–Kier alpha value is -1.39. The van der Waals surface area contributed by atoms with E-state index in [9.17, 15) is 4.79 Å². The quantitative estimate of drug-likeness (QED) is 0.684. The summed E-state index contributed by atoms with van der Waals surface area (Å²) in [6, 6.07) is 10.1. The van der Waals surface area contributed by atoms with Gasteiger partial charge < -0.3 is 9.47 Å². The number of methoxy groups -OCH3 is 2. The number of esters is 1. The van der Waals surface area contributed by atoms with Crippen LogP contribution in [-0.2, 0) is 14.3 Å². The highest BCUT2D eigenvalue weighted by Crippen LogP contribution is 2.19. The summed E-state index contributed by atoms with van der Waals surface area (Å²) >= 11 is 0. The van der Waals surface area contributed by atoms with Crippen LogP contribution in [0.15, 0.2) is 30.3 Å². The summed E-state index contributed by atoms with van der Waals surface area (Å²) in [7, 11) is 3.13. The molecule has 0 spiro atoms. The van der Waals surface area contributed by atoms with Crippen LogP contribution in [0.4, 0.5) is 0 Å². The first-order chi connectivity index (χ1) is 9.60. The Morgan fingerprint density at radius 1 is 1.20 bits per heavy atom. The number of rotatable bonds is 8. The molecule has 1 aromatic rings. The maximum Gasteiger partial charge on any atom is 0.314 e. The molecular formula is C16H25NO3. The lowest BCUT2D eigenvalue weighted by molar-refractivity contribution is -0.143. The zero-order valence-electron chi connectivity index (χ0n) is 12.8. The maximum atomic E-state index is 12.1. The van der Waals surface area contributed by atoms with Gasteiger partial charge in [0.25, 0.3) is 0 Å². The minimum atomic E-state index is -0.263. The molecule has 0 aliphatic rings.